The molecule has 0 radical (unpaired) electrons. The molecule has 1 aromatic heterocycles. The molecule has 0 aliphatic heterocycles. The highest BCUT2D eigenvalue weighted by atomic mass is 35.5. The molecule has 2 rings (SSSR count). The first kappa shape index (κ1) is 17.5. The summed E-state index contributed by atoms with van der Waals surface area (Å²) >= 11 is 5.80. The fraction of sp³-hybridized carbons (Fsp3) is 0.308. The van der Waals surface area contributed by atoms with E-state index in [1.165, 1.54) is 18.3 Å². The standard InChI is InChI=1S/C13H14ClF2N3O3S/c1-3-19-8(2)12(7-17-19)23(20,21)18-9-4-5-11(10(14)6-9)22-13(15)16/h4-7,13,18H,3H2,1-2H3. The number of alkyl halides is 2. The number of nitrogens with one attached hydrogen (secondary N) is 1. The fourth-order valence-corrected chi connectivity index (χ4v) is 3.43. The zero-order chi connectivity index (χ0) is 17.2. The van der Waals surface area contributed by atoms with Crippen molar-refractivity contribution in [1.29, 1.82) is 0 Å². The molecule has 10 heteroatoms. The smallest absolute Gasteiger partial charge is 0.387 e. The van der Waals surface area contributed by atoms with E-state index in [9.17, 15) is 17.2 Å². The maximum absolute atomic E-state index is 12.4. The molecule has 0 atom stereocenters. The van der Waals surface area contributed by atoms with Crippen LogP contribution in [0.3, 0.4) is 0 Å². The highest BCUT2D eigenvalue weighted by Crippen LogP contribution is 2.30. The van der Waals surface area contributed by atoms with Crippen LogP contribution in [0.25, 0.3) is 0 Å². The van der Waals surface area contributed by atoms with Gasteiger partial charge in [-0.3, -0.25) is 9.40 Å². The second kappa shape index (κ2) is 6.71. The number of hydrogen-bond donors (Lipinski definition) is 1. The summed E-state index contributed by atoms with van der Waals surface area (Å²) in [5.74, 6) is -0.236. The highest BCUT2D eigenvalue weighted by molar-refractivity contribution is 7.92. The van der Waals surface area contributed by atoms with E-state index in [4.69, 9.17) is 11.6 Å². The van der Waals surface area contributed by atoms with Crippen LogP contribution in [0.15, 0.2) is 29.3 Å². The van der Waals surface area contributed by atoms with E-state index < -0.39 is 16.6 Å². The zero-order valence-corrected chi connectivity index (χ0v) is 13.8. The van der Waals surface area contributed by atoms with Gasteiger partial charge in [0.25, 0.3) is 10.0 Å². The van der Waals surface area contributed by atoms with Gasteiger partial charge < -0.3 is 4.74 Å². The van der Waals surface area contributed by atoms with E-state index in [0.29, 0.717) is 12.2 Å². The highest BCUT2D eigenvalue weighted by Gasteiger charge is 2.21. The van der Waals surface area contributed by atoms with Crippen LogP contribution in [-0.2, 0) is 16.6 Å². The molecule has 0 saturated heterocycles. The van der Waals surface area contributed by atoms with Crippen LogP contribution in [0.2, 0.25) is 5.02 Å². The first-order valence-electron chi connectivity index (χ1n) is 6.54. The average Bonchev–Trinajstić information content (AvgIpc) is 2.83. The summed E-state index contributed by atoms with van der Waals surface area (Å²) < 4.78 is 57.1. The largest absolute Gasteiger partial charge is 0.433 e. The van der Waals surface area contributed by atoms with Crippen LogP contribution in [0.1, 0.15) is 12.6 Å². The zero-order valence-electron chi connectivity index (χ0n) is 12.3. The van der Waals surface area contributed by atoms with Crippen molar-refractivity contribution in [3.05, 3.63) is 35.1 Å². The van der Waals surface area contributed by atoms with Gasteiger partial charge in [-0.25, -0.2) is 8.42 Å². The summed E-state index contributed by atoms with van der Waals surface area (Å²) in [7, 11) is -3.87. The Morgan fingerprint density at radius 2 is 2.13 bits per heavy atom. The number of anilines is 1. The van der Waals surface area contributed by atoms with E-state index in [-0.39, 0.29) is 21.4 Å². The van der Waals surface area contributed by atoms with Crippen LogP contribution < -0.4 is 9.46 Å². The minimum Gasteiger partial charge on any atom is -0.433 e. The van der Waals surface area contributed by atoms with Crippen LogP contribution in [-0.4, -0.2) is 24.8 Å². The molecule has 0 aliphatic carbocycles. The van der Waals surface area contributed by atoms with Crippen molar-refractivity contribution < 1.29 is 21.9 Å². The Kier molecular flexibility index (Phi) is 5.10. The maximum atomic E-state index is 12.4. The molecule has 6 nitrogen and oxygen atoms in total. The first-order valence-corrected chi connectivity index (χ1v) is 8.40. The summed E-state index contributed by atoms with van der Waals surface area (Å²) in [6.07, 6.45) is 1.25. The molecule has 0 spiro atoms. The molecule has 0 bridgehead atoms. The Morgan fingerprint density at radius 3 is 2.65 bits per heavy atom. The first-order chi connectivity index (χ1) is 10.7. The number of rotatable bonds is 6. The summed E-state index contributed by atoms with van der Waals surface area (Å²) in [5.41, 5.74) is 0.615. The lowest BCUT2D eigenvalue weighted by Gasteiger charge is -2.11. The van der Waals surface area contributed by atoms with E-state index >= 15 is 0 Å². The maximum Gasteiger partial charge on any atom is 0.387 e. The molecule has 0 fully saturated rings. The Morgan fingerprint density at radius 1 is 1.43 bits per heavy atom. The van der Waals surface area contributed by atoms with Gasteiger partial charge in [-0.05, 0) is 32.0 Å². The van der Waals surface area contributed by atoms with Crippen LogP contribution in [0.5, 0.6) is 5.75 Å². The number of benzene rings is 1. The molecular formula is C13H14ClF2N3O3S. The van der Waals surface area contributed by atoms with Gasteiger partial charge in [-0.1, -0.05) is 11.6 Å². The SMILES string of the molecule is CCn1ncc(S(=O)(=O)Nc2ccc(OC(F)F)c(Cl)c2)c1C. The van der Waals surface area contributed by atoms with Crippen LogP contribution in [0.4, 0.5) is 14.5 Å². The number of sulfonamides is 1. The van der Waals surface area contributed by atoms with Crippen molar-refractivity contribution in [2.45, 2.75) is 31.9 Å². The summed E-state index contributed by atoms with van der Waals surface area (Å²) in [4.78, 5) is 0.0309. The molecule has 1 heterocycles. The molecule has 0 saturated carbocycles. The number of nitrogens with zero attached hydrogens (tertiary/aromatic N) is 2. The van der Waals surface area contributed by atoms with Crippen molar-refractivity contribution >= 4 is 27.3 Å². The van der Waals surface area contributed by atoms with E-state index in [1.807, 2.05) is 6.92 Å². The van der Waals surface area contributed by atoms with Gasteiger partial charge >= 0.3 is 6.61 Å². The Hall–Kier alpha value is -1.87. The van der Waals surface area contributed by atoms with Gasteiger partial charge in [-0.15, -0.1) is 0 Å². The Labute approximate surface area is 137 Å². The third-order valence-electron chi connectivity index (χ3n) is 3.05. The van der Waals surface area contributed by atoms with Gasteiger partial charge in [0, 0.05) is 6.54 Å². The number of aryl methyl sites for hydroxylation is 1. The third-order valence-corrected chi connectivity index (χ3v) is 4.83. The van der Waals surface area contributed by atoms with Crippen molar-refractivity contribution in [3.8, 4) is 5.75 Å². The van der Waals surface area contributed by atoms with E-state index in [1.54, 1.807) is 11.6 Å². The summed E-state index contributed by atoms with van der Waals surface area (Å²) in [6.45, 7) is 0.994. The minimum atomic E-state index is -3.87. The van der Waals surface area contributed by atoms with Crippen molar-refractivity contribution in [3.63, 3.8) is 0 Å². The monoisotopic (exact) mass is 365 g/mol. The molecule has 0 aliphatic rings. The summed E-state index contributed by atoms with van der Waals surface area (Å²) in [6, 6.07) is 3.63. The lowest BCUT2D eigenvalue weighted by molar-refractivity contribution is -0.0497. The molecular weight excluding hydrogens is 352 g/mol. The average molecular weight is 366 g/mol. The Balaban J connectivity index is 2.27. The van der Waals surface area contributed by atoms with Gasteiger partial charge in [0.05, 0.1) is 22.6 Å². The minimum absolute atomic E-state index is 0.0309. The molecule has 1 aromatic carbocycles. The summed E-state index contributed by atoms with van der Waals surface area (Å²) in [5, 5.41) is 3.84. The lowest BCUT2D eigenvalue weighted by atomic mass is 10.3. The van der Waals surface area contributed by atoms with Gasteiger partial charge in [0.2, 0.25) is 0 Å². The quantitative estimate of drug-likeness (QED) is 0.852. The number of halogens is 3. The lowest BCUT2D eigenvalue weighted by Crippen LogP contribution is -2.14. The fourth-order valence-electron chi connectivity index (χ4n) is 1.98. The van der Waals surface area contributed by atoms with Crippen LogP contribution >= 0.6 is 11.6 Å². The van der Waals surface area contributed by atoms with E-state index in [0.717, 1.165) is 6.07 Å². The van der Waals surface area contributed by atoms with Gasteiger partial charge in [0.15, 0.2) is 0 Å². The van der Waals surface area contributed by atoms with Crippen molar-refractivity contribution in [2.24, 2.45) is 0 Å². The second-order valence-electron chi connectivity index (χ2n) is 4.54. The van der Waals surface area contributed by atoms with E-state index in [2.05, 4.69) is 14.6 Å². The molecule has 0 amide bonds. The predicted molar refractivity (Wildman–Crippen MR) is 81.5 cm³/mol. The van der Waals surface area contributed by atoms with Gasteiger partial charge in [0.1, 0.15) is 10.6 Å². The number of aromatic nitrogens is 2. The van der Waals surface area contributed by atoms with Crippen molar-refractivity contribution in [1.82, 2.24) is 9.78 Å². The van der Waals surface area contributed by atoms with Gasteiger partial charge in [-0.2, -0.15) is 13.9 Å². The molecule has 23 heavy (non-hydrogen) atoms. The molecule has 1 N–H and O–H groups in total. The second-order valence-corrected chi connectivity index (χ2v) is 6.60. The normalized spacial score (nSPS) is 11.7. The van der Waals surface area contributed by atoms with Crippen LogP contribution in [0, 0.1) is 6.92 Å². The number of hydrogen-bond acceptors (Lipinski definition) is 4. The molecule has 0 unspecified atom stereocenters. The van der Waals surface area contributed by atoms with Crippen molar-refractivity contribution in [2.75, 3.05) is 4.72 Å². The molecule has 126 valence electrons. The molecule has 2 aromatic rings. The predicted octanol–water partition coefficient (Wildman–Crippen LogP) is 3.27. The third kappa shape index (κ3) is 3.91. The number of ether oxygens (including phenoxy) is 1. The Bertz CT molecular complexity index is 809. The topological polar surface area (TPSA) is 73.2 Å².